The summed E-state index contributed by atoms with van der Waals surface area (Å²) in [6.45, 7) is 0.708. The van der Waals surface area contributed by atoms with Crippen molar-refractivity contribution in [3.63, 3.8) is 0 Å². The summed E-state index contributed by atoms with van der Waals surface area (Å²) in [5.41, 5.74) is 4.03. The van der Waals surface area contributed by atoms with Crippen molar-refractivity contribution >= 4 is 49.6 Å². The molecule has 7 nitrogen and oxygen atoms in total. The first-order chi connectivity index (χ1) is 19.7. The van der Waals surface area contributed by atoms with Crippen LogP contribution in [0.3, 0.4) is 0 Å². The van der Waals surface area contributed by atoms with E-state index < -0.39 is 0 Å². The maximum atomic E-state index is 6.72. The van der Waals surface area contributed by atoms with E-state index in [4.69, 9.17) is 18.3 Å². The third-order valence-corrected chi connectivity index (χ3v) is 7.12. The van der Waals surface area contributed by atoms with Crippen LogP contribution in [-0.4, -0.2) is 23.6 Å². The van der Waals surface area contributed by atoms with Crippen LogP contribution >= 0.6 is 0 Å². The smallest absolute Gasteiger partial charge is 0.219 e. The molecule has 0 aliphatic carbocycles. The van der Waals surface area contributed by atoms with Crippen LogP contribution in [-0.2, 0) is 0 Å². The van der Waals surface area contributed by atoms with Gasteiger partial charge in [0.2, 0.25) is 5.88 Å². The summed E-state index contributed by atoms with van der Waals surface area (Å²) in [5, 5.41) is 3.87. The summed E-state index contributed by atoms with van der Waals surface area (Å²) in [4.78, 5) is 8.58. The Morgan fingerprint density at radius 3 is 2.27 bits per heavy atom. The average molecular weight is 526 g/mol. The first kappa shape index (κ1) is 22.5. The highest BCUT2D eigenvalue weighted by atomic mass is 16.5. The molecule has 0 N–H and O–H groups in total. The number of fused-ring (bicyclic) bond motifs is 6. The fraction of sp³-hybridized carbons (Fsp3) is 0.0606. The summed E-state index contributed by atoms with van der Waals surface area (Å²) in [6.07, 6.45) is 5.79. The fourth-order valence-electron chi connectivity index (χ4n) is 5.33. The Balaban J connectivity index is 1.32. The minimum atomic E-state index is 0.488. The zero-order valence-corrected chi connectivity index (χ0v) is 21.6. The number of rotatable bonds is 5. The molecule has 1 aliphatic heterocycles. The van der Waals surface area contributed by atoms with Crippen LogP contribution in [0.15, 0.2) is 118 Å². The monoisotopic (exact) mass is 525 g/mol. The summed E-state index contributed by atoms with van der Waals surface area (Å²) in [7, 11) is 2.04. The van der Waals surface area contributed by atoms with Crippen molar-refractivity contribution < 1.29 is 18.3 Å². The molecule has 4 heterocycles. The van der Waals surface area contributed by atoms with E-state index >= 15 is 0 Å². The Labute approximate surface area is 229 Å². The second kappa shape index (κ2) is 8.81. The summed E-state index contributed by atoms with van der Waals surface area (Å²) >= 11 is 0. The Bertz CT molecular complexity index is 2080. The SMILES string of the molecule is CN1C=CN(c2cc(Oc3cc(Oc4ccccn4)cc4oc5ccccc5c34)cc3c2oc2ccccc23)C1. The molecular weight excluding hydrogens is 502 g/mol. The van der Waals surface area contributed by atoms with Crippen molar-refractivity contribution in [2.75, 3.05) is 18.6 Å². The van der Waals surface area contributed by atoms with Crippen LogP contribution < -0.4 is 14.4 Å². The number of hydrogen-bond acceptors (Lipinski definition) is 7. The number of nitrogens with zero attached hydrogens (tertiary/aromatic N) is 3. The molecule has 8 rings (SSSR count). The lowest BCUT2D eigenvalue weighted by Crippen LogP contribution is -2.21. The summed E-state index contributed by atoms with van der Waals surface area (Å²) in [5.74, 6) is 2.36. The van der Waals surface area contributed by atoms with Gasteiger partial charge in [0.15, 0.2) is 5.58 Å². The summed E-state index contributed by atoms with van der Waals surface area (Å²) < 4.78 is 25.4. The molecule has 0 saturated heterocycles. The van der Waals surface area contributed by atoms with Gasteiger partial charge in [0.05, 0.1) is 17.7 Å². The van der Waals surface area contributed by atoms with Crippen LogP contribution in [0.25, 0.3) is 43.9 Å². The standard InChI is InChI=1S/C33H23N3O4/c1-35-14-15-36(20-35)26-17-21(16-25-23-8-2-4-10-27(23)40-33(25)26)37-29-18-22(38-31-12-6-7-13-34-31)19-30-32(29)24-9-3-5-11-28(24)39-30/h2-19H,20H2,1H3. The lowest BCUT2D eigenvalue weighted by atomic mass is 10.1. The molecule has 1 aliphatic rings. The lowest BCUT2D eigenvalue weighted by molar-refractivity contribution is 0.451. The number of anilines is 1. The maximum absolute atomic E-state index is 6.72. The highest BCUT2D eigenvalue weighted by Gasteiger charge is 2.22. The zero-order chi connectivity index (χ0) is 26.6. The number of benzene rings is 4. The predicted molar refractivity (Wildman–Crippen MR) is 156 cm³/mol. The highest BCUT2D eigenvalue weighted by molar-refractivity contribution is 6.11. The largest absolute Gasteiger partial charge is 0.456 e. The molecule has 3 aromatic heterocycles. The first-order valence-corrected chi connectivity index (χ1v) is 13.0. The van der Waals surface area contributed by atoms with E-state index in [1.165, 1.54) is 0 Å². The molecule has 0 amide bonds. The van der Waals surface area contributed by atoms with Gasteiger partial charge in [-0.05, 0) is 24.3 Å². The number of aromatic nitrogens is 1. The van der Waals surface area contributed by atoms with E-state index in [0.717, 1.165) is 44.0 Å². The molecule has 0 radical (unpaired) electrons. The van der Waals surface area contributed by atoms with Gasteiger partial charge in [-0.25, -0.2) is 4.98 Å². The van der Waals surface area contributed by atoms with Gasteiger partial charge in [-0.15, -0.1) is 0 Å². The van der Waals surface area contributed by atoms with Gasteiger partial charge in [0.25, 0.3) is 0 Å². The van der Waals surface area contributed by atoms with Gasteiger partial charge in [0, 0.05) is 66.1 Å². The van der Waals surface area contributed by atoms with Gasteiger partial charge < -0.3 is 28.1 Å². The molecule has 7 aromatic rings. The molecule has 40 heavy (non-hydrogen) atoms. The zero-order valence-electron chi connectivity index (χ0n) is 21.6. The number of hydrogen-bond donors (Lipinski definition) is 0. The Kier molecular flexibility index (Phi) is 4.97. The molecule has 0 atom stereocenters. The topological polar surface area (TPSA) is 64.1 Å². The maximum Gasteiger partial charge on any atom is 0.219 e. The Hall–Kier alpha value is -5.43. The number of ether oxygens (including phenoxy) is 2. The van der Waals surface area contributed by atoms with Gasteiger partial charge in [0.1, 0.15) is 34.0 Å². The quantitative estimate of drug-likeness (QED) is 0.223. The Morgan fingerprint density at radius 1 is 0.700 bits per heavy atom. The molecule has 0 unspecified atom stereocenters. The van der Waals surface area contributed by atoms with E-state index in [1.807, 2.05) is 98.2 Å². The normalized spacial score (nSPS) is 13.3. The molecule has 0 spiro atoms. The van der Waals surface area contributed by atoms with Crippen molar-refractivity contribution in [2.24, 2.45) is 0 Å². The molecule has 7 heteroatoms. The minimum absolute atomic E-state index is 0.488. The van der Waals surface area contributed by atoms with Crippen molar-refractivity contribution in [3.05, 3.63) is 110 Å². The van der Waals surface area contributed by atoms with Crippen molar-refractivity contribution in [3.8, 4) is 23.1 Å². The van der Waals surface area contributed by atoms with E-state index in [9.17, 15) is 0 Å². The van der Waals surface area contributed by atoms with Crippen LogP contribution in [0.5, 0.6) is 23.1 Å². The predicted octanol–water partition coefficient (Wildman–Crippen LogP) is 8.65. The van der Waals surface area contributed by atoms with E-state index in [-0.39, 0.29) is 0 Å². The lowest BCUT2D eigenvalue weighted by Gasteiger charge is -2.19. The first-order valence-electron chi connectivity index (χ1n) is 13.0. The number of furan rings is 2. The van der Waals surface area contributed by atoms with E-state index in [1.54, 1.807) is 6.20 Å². The van der Waals surface area contributed by atoms with Crippen LogP contribution in [0, 0.1) is 0 Å². The molecular formula is C33H23N3O4. The van der Waals surface area contributed by atoms with Crippen LogP contribution in [0.2, 0.25) is 0 Å². The van der Waals surface area contributed by atoms with Crippen LogP contribution in [0.1, 0.15) is 0 Å². The minimum Gasteiger partial charge on any atom is -0.456 e. The highest BCUT2D eigenvalue weighted by Crippen LogP contribution is 2.44. The molecule has 4 aromatic carbocycles. The van der Waals surface area contributed by atoms with Gasteiger partial charge in [-0.2, -0.15) is 0 Å². The van der Waals surface area contributed by atoms with E-state index in [0.29, 0.717) is 35.4 Å². The second-order valence-electron chi connectivity index (χ2n) is 9.85. The summed E-state index contributed by atoms with van der Waals surface area (Å²) in [6, 6.07) is 29.4. The van der Waals surface area contributed by atoms with Crippen molar-refractivity contribution in [1.29, 1.82) is 0 Å². The second-order valence-corrected chi connectivity index (χ2v) is 9.85. The van der Waals surface area contributed by atoms with Crippen LogP contribution in [0.4, 0.5) is 5.69 Å². The van der Waals surface area contributed by atoms with E-state index in [2.05, 4.69) is 27.1 Å². The molecule has 194 valence electrons. The number of pyridine rings is 1. The van der Waals surface area contributed by atoms with Gasteiger partial charge in [-0.1, -0.05) is 42.5 Å². The molecule has 0 fully saturated rings. The Morgan fingerprint density at radius 2 is 1.48 bits per heavy atom. The molecule has 0 bridgehead atoms. The number of para-hydroxylation sites is 2. The van der Waals surface area contributed by atoms with Crippen molar-refractivity contribution in [2.45, 2.75) is 0 Å². The van der Waals surface area contributed by atoms with Gasteiger partial charge in [-0.3, -0.25) is 0 Å². The third-order valence-electron chi connectivity index (χ3n) is 7.12. The van der Waals surface area contributed by atoms with Crippen molar-refractivity contribution in [1.82, 2.24) is 9.88 Å². The van der Waals surface area contributed by atoms with Gasteiger partial charge >= 0.3 is 0 Å². The third kappa shape index (κ3) is 3.71. The molecule has 0 saturated carbocycles. The fourth-order valence-corrected chi connectivity index (χ4v) is 5.33. The average Bonchev–Trinajstić information content (AvgIpc) is 3.68.